The number of hydrogen-bond donors (Lipinski definition) is 0. The first-order valence-electron chi connectivity index (χ1n) is 5.40. The average Bonchev–Trinajstić information content (AvgIpc) is 2.47. The van der Waals surface area contributed by atoms with E-state index in [9.17, 15) is 0 Å². The monoisotopic (exact) mass is 232 g/mol. The Hall–Kier alpha value is -1.06. The third-order valence-electron chi connectivity index (χ3n) is 2.39. The maximum absolute atomic E-state index is 4.43. The fourth-order valence-corrected chi connectivity index (χ4v) is 2.47. The number of fused-ring (bicyclic) bond motifs is 1. The molecule has 2 nitrogen and oxygen atoms in total. The zero-order valence-corrected chi connectivity index (χ0v) is 10.5. The molecule has 0 spiro atoms. The Labute approximate surface area is 101 Å². The quantitative estimate of drug-likeness (QED) is 0.794. The lowest BCUT2D eigenvalue weighted by atomic mass is 10.3. The molecule has 0 saturated carbocycles. The molecule has 1 aromatic carbocycles. The predicted octanol–water partition coefficient (Wildman–Crippen LogP) is 3.33. The average molecular weight is 232 g/mol. The molecule has 0 saturated heterocycles. The highest BCUT2D eigenvalue weighted by Crippen LogP contribution is 2.37. The zero-order valence-electron chi connectivity index (χ0n) is 9.68. The van der Waals surface area contributed by atoms with E-state index in [0.717, 1.165) is 18.7 Å². The fourth-order valence-electron chi connectivity index (χ4n) is 1.49. The minimum absolute atomic E-state index is 1.07. The van der Waals surface area contributed by atoms with Gasteiger partial charge in [-0.1, -0.05) is 23.9 Å². The van der Waals surface area contributed by atoms with Crippen LogP contribution in [0.25, 0.3) is 0 Å². The van der Waals surface area contributed by atoms with Crippen molar-refractivity contribution in [3.05, 3.63) is 35.2 Å². The molecule has 1 aromatic rings. The fraction of sp³-hybridized carbons (Fsp3) is 0.308. The van der Waals surface area contributed by atoms with Gasteiger partial charge in [0.2, 0.25) is 0 Å². The Bertz CT molecular complexity index is 422. The second-order valence-electron chi connectivity index (χ2n) is 4.03. The van der Waals surface area contributed by atoms with Crippen LogP contribution in [0.5, 0.6) is 0 Å². The van der Waals surface area contributed by atoms with Crippen LogP contribution in [-0.4, -0.2) is 31.8 Å². The summed E-state index contributed by atoms with van der Waals surface area (Å²) in [6, 6.07) is 8.28. The molecule has 1 aliphatic heterocycles. The number of benzene rings is 1. The van der Waals surface area contributed by atoms with Gasteiger partial charge >= 0.3 is 0 Å². The van der Waals surface area contributed by atoms with Crippen LogP contribution < -0.4 is 0 Å². The number of thioether (sulfide) groups is 1. The van der Waals surface area contributed by atoms with E-state index < -0.39 is 0 Å². The van der Waals surface area contributed by atoms with Crippen molar-refractivity contribution in [2.45, 2.75) is 11.3 Å². The van der Waals surface area contributed by atoms with Crippen LogP contribution in [-0.2, 0) is 0 Å². The third kappa shape index (κ3) is 2.97. The molecule has 0 atom stereocenters. The smallest absolute Gasteiger partial charge is 0.0768 e. The van der Waals surface area contributed by atoms with Crippen molar-refractivity contribution in [2.24, 2.45) is 4.99 Å². The van der Waals surface area contributed by atoms with Gasteiger partial charge in [-0.3, -0.25) is 4.99 Å². The van der Waals surface area contributed by atoms with E-state index >= 15 is 0 Å². The number of aliphatic imine (C=N–C) groups is 1. The lowest BCUT2D eigenvalue weighted by molar-refractivity contribution is 0.416. The minimum Gasteiger partial charge on any atom is -0.309 e. The minimum atomic E-state index is 1.07. The highest BCUT2D eigenvalue weighted by molar-refractivity contribution is 8.03. The number of hydrogen-bond acceptors (Lipinski definition) is 3. The zero-order chi connectivity index (χ0) is 11.4. The summed E-state index contributed by atoms with van der Waals surface area (Å²) in [6.45, 7) is 1.08. The Morgan fingerprint density at radius 3 is 2.88 bits per heavy atom. The number of rotatable bonds is 3. The molecule has 1 aliphatic rings. The van der Waals surface area contributed by atoms with E-state index in [2.05, 4.69) is 48.3 Å². The van der Waals surface area contributed by atoms with E-state index in [0.29, 0.717) is 0 Å². The highest BCUT2D eigenvalue weighted by Gasteiger charge is 2.07. The molecule has 0 aliphatic carbocycles. The first kappa shape index (κ1) is 11.4. The Morgan fingerprint density at radius 1 is 1.25 bits per heavy atom. The van der Waals surface area contributed by atoms with Crippen LogP contribution in [0.4, 0.5) is 5.69 Å². The molecule has 0 radical (unpaired) electrons. The first-order chi connectivity index (χ1) is 7.75. The highest BCUT2D eigenvalue weighted by atomic mass is 32.2. The van der Waals surface area contributed by atoms with Gasteiger partial charge in [0.25, 0.3) is 0 Å². The summed E-state index contributed by atoms with van der Waals surface area (Å²) in [5.74, 6) is 0. The summed E-state index contributed by atoms with van der Waals surface area (Å²) in [4.78, 5) is 9.26. The lowest BCUT2D eigenvalue weighted by Crippen LogP contribution is -2.12. The normalized spacial score (nSPS) is 14.6. The van der Waals surface area contributed by atoms with Crippen LogP contribution >= 0.6 is 11.8 Å². The standard InChI is InChI=1S/C13H16N2S/c1-15(2)10-8-11-7-9-14-12-5-3-4-6-13(12)16-11/h3-7,9H,8,10H2,1-2H3. The summed E-state index contributed by atoms with van der Waals surface area (Å²) >= 11 is 1.83. The predicted molar refractivity (Wildman–Crippen MR) is 71.7 cm³/mol. The number of para-hydroxylation sites is 1. The molecule has 84 valence electrons. The third-order valence-corrected chi connectivity index (χ3v) is 3.55. The molecule has 16 heavy (non-hydrogen) atoms. The van der Waals surface area contributed by atoms with Gasteiger partial charge in [0, 0.05) is 17.7 Å². The Kier molecular flexibility index (Phi) is 3.80. The van der Waals surface area contributed by atoms with Gasteiger partial charge in [-0.2, -0.15) is 0 Å². The summed E-state index contributed by atoms with van der Waals surface area (Å²) in [6.07, 6.45) is 5.11. The summed E-state index contributed by atoms with van der Waals surface area (Å²) in [7, 11) is 4.20. The van der Waals surface area contributed by atoms with E-state index in [1.54, 1.807) is 0 Å². The Morgan fingerprint density at radius 2 is 2.06 bits per heavy atom. The molecule has 0 fully saturated rings. The summed E-state index contributed by atoms with van der Waals surface area (Å²) in [5.41, 5.74) is 1.07. The Balaban J connectivity index is 2.10. The van der Waals surface area contributed by atoms with Crippen molar-refractivity contribution in [1.82, 2.24) is 4.90 Å². The lowest BCUT2D eigenvalue weighted by Gasteiger charge is -2.11. The van der Waals surface area contributed by atoms with Crippen molar-refractivity contribution in [1.29, 1.82) is 0 Å². The van der Waals surface area contributed by atoms with Crippen molar-refractivity contribution in [3.63, 3.8) is 0 Å². The molecule has 1 heterocycles. The second kappa shape index (κ2) is 5.32. The SMILES string of the molecule is CN(C)CCC1=CC=Nc2ccccc2S1. The van der Waals surface area contributed by atoms with Crippen LogP contribution in [0.15, 0.2) is 45.1 Å². The molecule has 0 amide bonds. The van der Waals surface area contributed by atoms with E-state index in [1.807, 2.05) is 24.0 Å². The topological polar surface area (TPSA) is 15.6 Å². The largest absolute Gasteiger partial charge is 0.309 e. The second-order valence-corrected chi connectivity index (χ2v) is 5.20. The van der Waals surface area contributed by atoms with Gasteiger partial charge < -0.3 is 4.90 Å². The molecule has 3 heteroatoms. The van der Waals surface area contributed by atoms with Crippen LogP contribution in [0, 0.1) is 0 Å². The molecule has 2 rings (SSSR count). The van der Waals surface area contributed by atoms with Gasteiger partial charge in [-0.15, -0.1) is 0 Å². The van der Waals surface area contributed by atoms with Gasteiger partial charge in [0.1, 0.15) is 0 Å². The maximum atomic E-state index is 4.43. The van der Waals surface area contributed by atoms with Crippen molar-refractivity contribution >= 4 is 23.7 Å². The van der Waals surface area contributed by atoms with Gasteiger partial charge in [0.15, 0.2) is 0 Å². The van der Waals surface area contributed by atoms with E-state index in [-0.39, 0.29) is 0 Å². The molecule has 0 bridgehead atoms. The van der Waals surface area contributed by atoms with E-state index in [1.165, 1.54) is 9.80 Å². The van der Waals surface area contributed by atoms with E-state index in [4.69, 9.17) is 0 Å². The number of nitrogens with zero attached hydrogens (tertiary/aromatic N) is 2. The number of allylic oxidation sites excluding steroid dienone is 1. The molecular formula is C13H16N2S. The molecule has 0 aromatic heterocycles. The van der Waals surface area contributed by atoms with Crippen molar-refractivity contribution in [2.75, 3.05) is 20.6 Å². The van der Waals surface area contributed by atoms with Gasteiger partial charge in [-0.25, -0.2) is 0 Å². The van der Waals surface area contributed by atoms with Crippen LogP contribution in [0.1, 0.15) is 6.42 Å². The summed E-state index contributed by atoms with van der Waals surface area (Å²) < 4.78 is 0. The van der Waals surface area contributed by atoms with Crippen LogP contribution in [0.2, 0.25) is 0 Å². The van der Waals surface area contributed by atoms with Crippen molar-refractivity contribution in [3.8, 4) is 0 Å². The maximum Gasteiger partial charge on any atom is 0.0768 e. The summed E-state index contributed by atoms with van der Waals surface area (Å²) in [5, 5.41) is 0. The van der Waals surface area contributed by atoms with Gasteiger partial charge in [-0.05, 0) is 43.6 Å². The first-order valence-corrected chi connectivity index (χ1v) is 6.22. The molecule has 0 N–H and O–H groups in total. The molecular weight excluding hydrogens is 216 g/mol. The molecule has 0 unspecified atom stereocenters. The van der Waals surface area contributed by atoms with Gasteiger partial charge in [0.05, 0.1) is 5.69 Å². The van der Waals surface area contributed by atoms with Crippen LogP contribution in [0.3, 0.4) is 0 Å². The van der Waals surface area contributed by atoms with Crippen molar-refractivity contribution < 1.29 is 0 Å².